The van der Waals surface area contributed by atoms with Crippen molar-refractivity contribution >= 4 is 17.9 Å². The average Bonchev–Trinajstić information content (AvgIpc) is 3.12. The Morgan fingerprint density at radius 2 is 1.80 bits per heavy atom. The number of quaternary nitrogens is 1. The number of carbonyl (C=O) groups is 2. The highest BCUT2D eigenvalue weighted by molar-refractivity contribution is 5.89. The molecule has 3 heterocycles. The molecule has 3 aliphatic heterocycles. The van der Waals surface area contributed by atoms with E-state index in [0.29, 0.717) is 13.0 Å². The number of hydrogen-bond donors (Lipinski definition) is 9. The second kappa shape index (κ2) is 19.6. The van der Waals surface area contributed by atoms with Gasteiger partial charge in [0.1, 0.15) is 37.1 Å². The Balaban J connectivity index is 1.67. The third-order valence-electron chi connectivity index (χ3n) is 10.0. The first-order valence-electron chi connectivity index (χ1n) is 17.7. The van der Waals surface area contributed by atoms with Gasteiger partial charge in [-0.15, -0.1) is 6.58 Å². The number of aliphatic hydroxyl groups excluding tert-OH is 6. The lowest BCUT2D eigenvalue weighted by Gasteiger charge is -2.43. The van der Waals surface area contributed by atoms with E-state index in [4.69, 9.17) is 29.8 Å². The summed E-state index contributed by atoms with van der Waals surface area (Å²) in [6, 6.07) is -0.795. The molecular weight excluding hydrogens is 672 g/mol. The lowest BCUT2D eigenvalue weighted by Crippen LogP contribution is -3.16. The van der Waals surface area contributed by atoms with Crippen molar-refractivity contribution < 1.29 is 69.2 Å². The highest BCUT2D eigenvalue weighted by Crippen LogP contribution is 2.37. The van der Waals surface area contributed by atoms with E-state index in [0.717, 1.165) is 37.0 Å². The van der Waals surface area contributed by atoms with Crippen molar-refractivity contribution in [3.63, 3.8) is 0 Å². The Morgan fingerprint density at radius 3 is 2.45 bits per heavy atom. The van der Waals surface area contributed by atoms with Crippen LogP contribution in [0.5, 0.6) is 0 Å². The summed E-state index contributed by atoms with van der Waals surface area (Å²) < 4.78 is 23.2. The summed E-state index contributed by atoms with van der Waals surface area (Å²) in [5.41, 5.74) is 6.26. The summed E-state index contributed by atoms with van der Waals surface area (Å²) in [4.78, 5) is 31.1. The fraction of sp³-hybridized carbons (Fsp3) is 0.735. The third kappa shape index (κ3) is 10.5. The molecule has 0 aromatic rings. The van der Waals surface area contributed by atoms with Crippen LogP contribution in [0.2, 0.25) is 0 Å². The maximum Gasteiger partial charge on any atom is 0.338 e. The van der Waals surface area contributed by atoms with E-state index in [1.54, 1.807) is 12.2 Å². The number of likely N-dealkylation sites (tertiary alicyclic amines) is 1. The molecule has 0 aromatic carbocycles. The van der Waals surface area contributed by atoms with Gasteiger partial charge in [-0.05, 0) is 32.1 Å². The molecule has 1 aliphatic carbocycles. The second-order valence-electron chi connectivity index (χ2n) is 13.5. The Kier molecular flexibility index (Phi) is 15.6. The van der Waals surface area contributed by atoms with Crippen molar-refractivity contribution in [1.82, 2.24) is 5.32 Å². The second-order valence-corrected chi connectivity index (χ2v) is 13.5. The fourth-order valence-corrected chi connectivity index (χ4v) is 7.21. The number of aliphatic hydroxyl groups is 6. The largest absolute Gasteiger partial charge is 0.550 e. The molecule has 2 saturated heterocycles. The zero-order chi connectivity index (χ0) is 37.1. The number of rotatable bonds is 15. The van der Waals surface area contributed by atoms with Crippen LogP contribution in [-0.4, -0.2) is 144 Å². The number of esters is 1. The predicted octanol–water partition coefficient (Wildman–Crippen LogP) is -4.58. The van der Waals surface area contributed by atoms with Crippen LogP contribution in [0.25, 0.3) is 0 Å². The first-order chi connectivity index (χ1) is 24.5. The number of carboxylic acids is 1. The van der Waals surface area contributed by atoms with Crippen LogP contribution >= 0.6 is 0 Å². The molecule has 1 saturated carbocycles. The maximum absolute atomic E-state index is 13.7. The monoisotopic (exact) mass is 726 g/mol. The minimum absolute atomic E-state index is 0.0108. The first-order valence-corrected chi connectivity index (χ1v) is 17.7. The molecule has 12 atom stereocenters. The number of ether oxygens (including phenoxy) is 4. The third-order valence-corrected chi connectivity index (χ3v) is 10.0. The fourth-order valence-electron chi connectivity index (χ4n) is 7.21. The van der Waals surface area contributed by atoms with E-state index in [9.17, 15) is 40.2 Å². The van der Waals surface area contributed by atoms with Crippen LogP contribution < -0.4 is 21.1 Å². The molecule has 288 valence electrons. The van der Waals surface area contributed by atoms with E-state index >= 15 is 0 Å². The summed E-state index contributed by atoms with van der Waals surface area (Å²) in [5.74, 6) is -5.17. The molecule has 51 heavy (non-hydrogen) atoms. The zero-order valence-corrected chi connectivity index (χ0v) is 28.7. The van der Waals surface area contributed by atoms with Crippen LogP contribution in [0.3, 0.4) is 0 Å². The topological polar surface area (TPSA) is 270 Å². The van der Waals surface area contributed by atoms with Gasteiger partial charge >= 0.3 is 5.97 Å². The van der Waals surface area contributed by atoms with Gasteiger partial charge in [0.05, 0.1) is 62.0 Å². The van der Waals surface area contributed by atoms with Crippen LogP contribution in [0.4, 0.5) is 0 Å². The predicted molar refractivity (Wildman–Crippen MR) is 177 cm³/mol. The van der Waals surface area contributed by atoms with Crippen molar-refractivity contribution in [2.45, 2.75) is 87.7 Å². The van der Waals surface area contributed by atoms with Crippen molar-refractivity contribution in [1.29, 1.82) is 0 Å². The van der Waals surface area contributed by atoms with Gasteiger partial charge in [0, 0.05) is 25.0 Å². The molecule has 4 aliphatic rings. The van der Waals surface area contributed by atoms with E-state index < -0.39 is 85.3 Å². The standard InChI is InChI=1S/C34H54N4O13/c1-2-21-22(10-9-19-15-38(12-14-40)16-23(30(45)46)26(19)37-34(35)36-11-6-13-39)24(31(47)49-20-7-4-3-5-8-20)18-48-32(21)51-33-29(44)28(43)27(42)25(17-41)50-33/h2,9-10,18-23,25-29,32-33,39-44H,1,3-8,11-17H2,(H,45,46)(H3,35,36,37)/t19?,21-,22-,23?,25+,26?,27+,28-,29+,32-,33+/m0/s1. The molecule has 10 N–H and O–H groups in total. The number of carbonyl (C=O) groups excluding carboxylic acids is 2. The number of piperidine rings is 1. The molecule has 17 heteroatoms. The smallest absolute Gasteiger partial charge is 0.338 e. The molecule has 17 nitrogen and oxygen atoms in total. The number of nitrogens with one attached hydrogen (secondary N) is 2. The maximum atomic E-state index is 13.7. The molecule has 0 aromatic heterocycles. The normalized spacial score (nSPS) is 36.6. The summed E-state index contributed by atoms with van der Waals surface area (Å²) in [5, 5.41) is 75.1. The minimum Gasteiger partial charge on any atom is -0.550 e. The molecule has 0 amide bonds. The van der Waals surface area contributed by atoms with E-state index in [1.165, 1.54) is 12.3 Å². The number of nitrogens with zero attached hydrogens (tertiary/aromatic N) is 1. The molecule has 0 bridgehead atoms. The quantitative estimate of drug-likeness (QED) is 0.0253. The first kappa shape index (κ1) is 40.6. The van der Waals surface area contributed by atoms with Crippen molar-refractivity contribution in [2.24, 2.45) is 34.4 Å². The lowest BCUT2D eigenvalue weighted by molar-refractivity contribution is -0.911. The zero-order valence-electron chi connectivity index (χ0n) is 28.7. The van der Waals surface area contributed by atoms with Crippen LogP contribution in [0.1, 0.15) is 38.5 Å². The Morgan fingerprint density at radius 1 is 1.06 bits per heavy atom. The van der Waals surface area contributed by atoms with Crippen LogP contribution in [0, 0.1) is 23.7 Å². The number of allylic oxidation sites excluding steroid dienone is 1. The van der Waals surface area contributed by atoms with Crippen molar-refractivity contribution in [2.75, 3.05) is 46.0 Å². The van der Waals surface area contributed by atoms with Gasteiger partial charge < -0.3 is 75.4 Å². The SMILES string of the molecule is C=C[C@@H]1[C@H](O[C@H]2O[C@H](CO)[C@@H](O)[C@H](O)[C@H]2O)OC=C(C(=O)OC2CCCCC2)[C@H]1C=CC1C[NH+](CCO)CC(C(=O)[O-])C1NC(N)=NCCCO. The van der Waals surface area contributed by atoms with Crippen molar-refractivity contribution in [3.05, 3.63) is 36.6 Å². The Labute approximate surface area is 297 Å². The number of guanidine groups is 1. The van der Waals surface area contributed by atoms with E-state index in [2.05, 4.69) is 16.9 Å². The van der Waals surface area contributed by atoms with Gasteiger partial charge in [-0.2, -0.15) is 0 Å². The van der Waals surface area contributed by atoms with Crippen LogP contribution in [-0.2, 0) is 28.5 Å². The summed E-state index contributed by atoms with van der Waals surface area (Å²) >= 11 is 0. The molecule has 4 rings (SSSR count). The summed E-state index contributed by atoms with van der Waals surface area (Å²) in [7, 11) is 0. The number of aliphatic imine (C=N–C) groups is 1. The van der Waals surface area contributed by atoms with E-state index in [1.807, 2.05) is 0 Å². The number of hydrogen-bond acceptors (Lipinski definition) is 14. The minimum atomic E-state index is -1.71. The number of nitrogens with two attached hydrogens (primary N) is 1. The van der Waals surface area contributed by atoms with Gasteiger partial charge in [-0.25, -0.2) is 4.79 Å². The highest BCUT2D eigenvalue weighted by Gasteiger charge is 2.48. The van der Waals surface area contributed by atoms with Gasteiger partial charge in [-0.3, -0.25) is 4.99 Å². The summed E-state index contributed by atoms with van der Waals surface area (Å²) in [6.07, 6.45) is 1.54. The van der Waals surface area contributed by atoms with Crippen molar-refractivity contribution in [3.8, 4) is 0 Å². The molecule has 0 radical (unpaired) electrons. The van der Waals surface area contributed by atoms with Gasteiger partial charge in [-0.1, -0.05) is 24.6 Å². The summed E-state index contributed by atoms with van der Waals surface area (Å²) in [6.45, 7) is 4.02. The number of aliphatic carboxylic acids is 1. The van der Waals surface area contributed by atoms with Gasteiger partial charge in [0.25, 0.3) is 0 Å². The lowest BCUT2D eigenvalue weighted by atomic mass is 9.79. The Bertz CT molecular complexity index is 1240. The molecule has 0 spiro atoms. The average molecular weight is 727 g/mol. The molecule has 3 fully saturated rings. The highest BCUT2D eigenvalue weighted by atomic mass is 16.8. The molecular formula is C34H54N4O13. The number of carboxylic acid groups (broad SMARTS) is 1. The van der Waals surface area contributed by atoms with Gasteiger partial charge in [0.2, 0.25) is 6.29 Å². The molecule has 4 unspecified atom stereocenters. The van der Waals surface area contributed by atoms with E-state index in [-0.39, 0.29) is 50.5 Å². The Hall–Kier alpha value is -3.13. The van der Waals surface area contributed by atoms with Gasteiger partial charge in [0.15, 0.2) is 12.2 Å². The van der Waals surface area contributed by atoms with Crippen LogP contribution in [0.15, 0.2) is 41.6 Å².